The second-order valence-corrected chi connectivity index (χ2v) is 5.86. The van der Waals surface area contributed by atoms with Gasteiger partial charge in [-0.2, -0.15) is 0 Å². The van der Waals surface area contributed by atoms with E-state index in [1.165, 1.54) is 11.3 Å². The molecule has 0 radical (unpaired) electrons. The van der Waals surface area contributed by atoms with Gasteiger partial charge < -0.3 is 15.8 Å². The molecule has 1 aromatic heterocycles. The SMILES string of the molecule is COc1ccc(N)cc1CNC(=O)c1cc(C)c(C)s1. The fraction of sp³-hybridized carbons (Fsp3) is 0.267. The molecule has 1 heterocycles. The van der Waals surface area contributed by atoms with Crippen LogP contribution in [0.15, 0.2) is 24.3 Å². The van der Waals surface area contributed by atoms with Gasteiger partial charge in [0.2, 0.25) is 0 Å². The second kappa shape index (κ2) is 5.96. The highest BCUT2D eigenvalue weighted by Crippen LogP contribution is 2.22. The molecule has 0 fully saturated rings. The molecule has 2 rings (SSSR count). The van der Waals surface area contributed by atoms with E-state index in [1.807, 2.05) is 26.0 Å². The number of hydrogen-bond acceptors (Lipinski definition) is 4. The van der Waals surface area contributed by atoms with E-state index in [-0.39, 0.29) is 5.91 Å². The topological polar surface area (TPSA) is 64.3 Å². The summed E-state index contributed by atoms with van der Waals surface area (Å²) in [6.45, 7) is 4.41. The summed E-state index contributed by atoms with van der Waals surface area (Å²) in [5, 5.41) is 2.89. The first-order valence-corrected chi connectivity index (χ1v) is 7.10. The summed E-state index contributed by atoms with van der Waals surface area (Å²) in [5.41, 5.74) is 8.41. The number of methoxy groups -OCH3 is 1. The minimum absolute atomic E-state index is 0.0734. The third-order valence-electron chi connectivity index (χ3n) is 3.13. The van der Waals surface area contributed by atoms with Gasteiger partial charge in [-0.05, 0) is 43.7 Å². The van der Waals surface area contributed by atoms with Gasteiger partial charge >= 0.3 is 0 Å². The molecular formula is C15H18N2O2S. The number of carbonyl (C=O) groups is 1. The highest BCUT2D eigenvalue weighted by molar-refractivity contribution is 7.14. The van der Waals surface area contributed by atoms with E-state index in [1.54, 1.807) is 19.2 Å². The lowest BCUT2D eigenvalue weighted by Crippen LogP contribution is -2.22. The van der Waals surface area contributed by atoms with Crippen LogP contribution in [0.3, 0.4) is 0 Å². The van der Waals surface area contributed by atoms with Crippen molar-refractivity contribution in [3.05, 3.63) is 45.1 Å². The first kappa shape index (κ1) is 14.4. The second-order valence-electron chi connectivity index (χ2n) is 4.60. The zero-order chi connectivity index (χ0) is 14.7. The molecule has 5 heteroatoms. The van der Waals surface area contributed by atoms with Crippen molar-refractivity contribution in [3.63, 3.8) is 0 Å². The summed E-state index contributed by atoms with van der Waals surface area (Å²) in [4.78, 5) is 14.0. The van der Waals surface area contributed by atoms with Gasteiger partial charge in [0.15, 0.2) is 0 Å². The minimum Gasteiger partial charge on any atom is -0.496 e. The van der Waals surface area contributed by atoms with Gasteiger partial charge in [-0.25, -0.2) is 0 Å². The summed E-state index contributed by atoms with van der Waals surface area (Å²) in [7, 11) is 1.60. The fourth-order valence-electron chi connectivity index (χ4n) is 1.88. The molecule has 0 saturated heterocycles. The van der Waals surface area contributed by atoms with Gasteiger partial charge in [0, 0.05) is 22.7 Å². The van der Waals surface area contributed by atoms with Crippen LogP contribution in [0.1, 0.15) is 25.7 Å². The molecular weight excluding hydrogens is 272 g/mol. The molecule has 20 heavy (non-hydrogen) atoms. The molecule has 1 amide bonds. The predicted molar refractivity (Wildman–Crippen MR) is 82.4 cm³/mol. The van der Waals surface area contributed by atoms with Crippen molar-refractivity contribution in [3.8, 4) is 5.75 Å². The summed E-state index contributed by atoms with van der Waals surface area (Å²) >= 11 is 1.50. The maximum absolute atomic E-state index is 12.1. The highest BCUT2D eigenvalue weighted by atomic mass is 32.1. The Morgan fingerprint density at radius 3 is 2.70 bits per heavy atom. The normalized spacial score (nSPS) is 10.3. The molecule has 3 N–H and O–H groups in total. The van der Waals surface area contributed by atoms with E-state index < -0.39 is 0 Å². The number of nitrogens with one attached hydrogen (secondary N) is 1. The quantitative estimate of drug-likeness (QED) is 0.851. The standard InChI is InChI=1S/C15H18N2O2S/c1-9-6-14(20-10(9)2)15(18)17-8-11-7-12(16)4-5-13(11)19-3/h4-7H,8,16H2,1-3H3,(H,17,18). The van der Waals surface area contributed by atoms with E-state index in [4.69, 9.17) is 10.5 Å². The van der Waals surface area contributed by atoms with Crippen molar-refractivity contribution in [2.75, 3.05) is 12.8 Å². The summed E-state index contributed by atoms with van der Waals surface area (Å²) in [6.07, 6.45) is 0. The molecule has 0 saturated carbocycles. The number of rotatable bonds is 4. The summed E-state index contributed by atoms with van der Waals surface area (Å²) in [6, 6.07) is 7.29. The predicted octanol–water partition coefficient (Wildman–Crippen LogP) is 2.89. The van der Waals surface area contributed by atoms with Gasteiger partial charge in [-0.3, -0.25) is 4.79 Å². The maximum Gasteiger partial charge on any atom is 0.261 e. The Balaban J connectivity index is 2.08. The van der Waals surface area contributed by atoms with Crippen LogP contribution >= 0.6 is 11.3 Å². The zero-order valence-electron chi connectivity index (χ0n) is 11.8. The number of aryl methyl sites for hydroxylation is 2. The Morgan fingerprint density at radius 2 is 2.10 bits per heavy atom. The zero-order valence-corrected chi connectivity index (χ0v) is 12.6. The van der Waals surface area contributed by atoms with Gasteiger partial charge in [-0.1, -0.05) is 0 Å². The number of hydrogen-bond donors (Lipinski definition) is 2. The maximum atomic E-state index is 12.1. The van der Waals surface area contributed by atoms with E-state index in [2.05, 4.69) is 5.32 Å². The number of ether oxygens (including phenoxy) is 1. The number of nitrogen functional groups attached to an aromatic ring is 1. The van der Waals surface area contributed by atoms with Crippen LogP contribution in [0.2, 0.25) is 0 Å². The van der Waals surface area contributed by atoms with E-state index in [0.29, 0.717) is 12.2 Å². The van der Waals surface area contributed by atoms with Crippen LogP contribution in [0.25, 0.3) is 0 Å². The molecule has 0 unspecified atom stereocenters. The van der Waals surface area contributed by atoms with Gasteiger partial charge in [0.1, 0.15) is 5.75 Å². The first-order valence-electron chi connectivity index (χ1n) is 6.29. The Kier molecular flexibility index (Phi) is 4.29. The number of nitrogens with two attached hydrogens (primary N) is 1. The van der Waals surface area contributed by atoms with Crippen molar-refractivity contribution < 1.29 is 9.53 Å². The van der Waals surface area contributed by atoms with Crippen molar-refractivity contribution in [2.45, 2.75) is 20.4 Å². The van der Waals surface area contributed by atoms with Crippen LogP contribution in [-0.4, -0.2) is 13.0 Å². The number of benzene rings is 1. The lowest BCUT2D eigenvalue weighted by atomic mass is 10.1. The Morgan fingerprint density at radius 1 is 1.35 bits per heavy atom. The lowest BCUT2D eigenvalue weighted by Gasteiger charge is -2.10. The minimum atomic E-state index is -0.0734. The molecule has 0 atom stereocenters. The van der Waals surface area contributed by atoms with E-state index in [9.17, 15) is 4.79 Å². The smallest absolute Gasteiger partial charge is 0.261 e. The van der Waals surface area contributed by atoms with Crippen LogP contribution in [0.5, 0.6) is 5.75 Å². The Labute approximate surface area is 122 Å². The molecule has 1 aromatic carbocycles. The van der Waals surface area contributed by atoms with E-state index >= 15 is 0 Å². The van der Waals surface area contributed by atoms with Gasteiger partial charge in [0.05, 0.1) is 12.0 Å². The lowest BCUT2D eigenvalue weighted by molar-refractivity contribution is 0.0954. The van der Waals surface area contributed by atoms with Crippen LogP contribution in [-0.2, 0) is 6.54 Å². The molecule has 0 aliphatic carbocycles. The summed E-state index contributed by atoms with van der Waals surface area (Å²) < 4.78 is 5.26. The van der Waals surface area contributed by atoms with Crippen LogP contribution < -0.4 is 15.8 Å². The van der Waals surface area contributed by atoms with Crippen LogP contribution in [0.4, 0.5) is 5.69 Å². The monoisotopic (exact) mass is 290 g/mol. The molecule has 0 spiro atoms. The average Bonchev–Trinajstić information content (AvgIpc) is 2.76. The van der Waals surface area contributed by atoms with Gasteiger partial charge in [0.25, 0.3) is 5.91 Å². The first-order chi connectivity index (χ1) is 9.51. The number of anilines is 1. The third kappa shape index (κ3) is 3.11. The Hall–Kier alpha value is -2.01. The largest absolute Gasteiger partial charge is 0.496 e. The Bertz CT molecular complexity index is 615. The molecule has 0 aliphatic rings. The molecule has 106 valence electrons. The summed E-state index contributed by atoms with van der Waals surface area (Å²) in [5.74, 6) is 0.647. The third-order valence-corrected chi connectivity index (χ3v) is 4.28. The molecule has 0 bridgehead atoms. The average molecular weight is 290 g/mol. The highest BCUT2D eigenvalue weighted by Gasteiger charge is 2.11. The number of carbonyl (C=O) groups excluding carboxylic acids is 1. The van der Waals surface area contributed by atoms with Crippen molar-refractivity contribution in [2.24, 2.45) is 0 Å². The fourth-order valence-corrected chi connectivity index (χ4v) is 2.83. The molecule has 0 aliphatic heterocycles. The molecule has 4 nitrogen and oxygen atoms in total. The van der Waals surface area contributed by atoms with Crippen molar-refractivity contribution >= 4 is 22.9 Å². The number of thiophene rings is 1. The van der Waals surface area contributed by atoms with E-state index in [0.717, 1.165) is 26.6 Å². The van der Waals surface area contributed by atoms with Crippen LogP contribution in [0, 0.1) is 13.8 Å². The van der Waals surface area contributed by atoms with Gasteiger partial charge in [-0.15, -0.1) is 11.3 Å². The van der Waals surface area contributed by atoms with Crippen molar-refractivity contribution in [1.82, 2.24) is 5.32 Å². The van der Waals surface area contributed by atoms with Crippen molar-refractivity contribution in [1.29, 1.82) is 0 Å². The molecule has 2 aromatic rings. The number of amides is 1.